The van der Waals surface area contributed by atoms with Crippen molar-refractivity contribution in [3.8, 4) is 0 Å². The first-order valence-corrected chi connectivity index (χ1v) is 5.01. The van der Waals surface area contributed by atoms with E-state index >= 15 is 0 Å². The summed E-state index contributed by atoms with van der Waals surface area (Å²) in [5.41, 5.74) is 1.32. The topological polar surface area (TPSA) is 0 Å². The summed E-state index contributed by atoms with van der Waals surface area (Å²) in [5.74, 6) is 1.08. The molecule has 1 aromatic rings. The van der Waals surface area contributed by atoms with Crippen LogP contribution in [0.2, 0.25) is 0 Å². The van der Waals surface area contributed by atoms with Crippen LogP contribution in [0.3, 0.4) is 0 Å². The highest BCUT2D eigenvalue weighted by molar-refractivity contribution is 7.99. The Labute approximate surface area is 78.7 Å². The molecule has 0 saturated carbocycles. The molecular formula is C11H13S. The molecule has 0 spiro atoms. The summed E-state index contributed by atoms with van der Waals surface area (Å²) >= 11 is 1.86. The smallest absolute Gasteiger partial charge is 0.00746 e. The van der Waals surface area contributed by atoms with E-state index in [0.717, 1.165) is 12.2 Å². The van der Waals surface area contributed by atoms with Crippen molar-refractivity contribution in [2.75, 3.05) is 5.75 Å². The van der Waals surface area contributed by atoms with Gasteiger partial charge in [-0.1, -0.05) is 30.4 Å². The summed E-state index contributed by atoms with van der Waals surface area (Å²) in [6.07, 6.45) is 3.84. The van der Waals surface area contributed by atoms with E-state index in [1.54, 1.807) is 0 Å². The Kier molecular flexibility index (Phi) is 3.95. The number of hydrogen-bond donors (Lipinski definition) is 0. The number of thioether (sulfide) groups is 1. The Morgan fingerprint density at radius 2 is 2.33 bits per heavy atom. The minimum Gasteiger partial charge on any atom is -0.126 e. The number of hydrogen-bond acceptors (Lipinski definition) is 1. The molecule has 1 heteroatoms. The predicted octanol–water partition coefficient (Wildman–Crippen LogP) is 3.47. The molecule has 0 aliphatic heterocycles. The molecular weight excluding hydrogens is 164 g/mol. The molecule has 0 fully saturated rings. The summed E-state index contributed by atoms with van der Waals surface area (Å²) < 4.78 is 0. The Balaban J connectivity index is 2.46. The Hall–Kier alpha value is -0.690. The monoisotopic (exact) mass is 177 g/mol. The standard InChI is InChI=1S/C11H13S/c1-3-4-8-12-11-7-5-6-10(2)9-11/h5-7,9H,1,4,8H2,2H3. The quantitative estimate of drug-likeness (QED) is 0.501. The summed E-state index contributed by atoms with van der Waals surface area (Å²) in [7, 11) is 0. The molecule has 0 aromatic heterocycles. The van der Waals surface area contributed by atoms with Crippen molar-refractivity contribution in [3.63, 3.8) is 0 Å². The number of allylic oxidation sites excluding steroid dienone is 1. The van der Waals surface area contributed by atoms with E-state index in [2.05, 4.69) is 43.8 Å². The average Bonchev–Trinajstić information content (AvgIpc) is 2.05. The van der Waals surface area contributed by atoms with Gasteiger partial charge in [0, 0.05) is 10.6 Å². The lowest BCUT2D eigenvalue weighted by atomic mass is 10.2. The SMILES string of the molecule is C=[C]CCSc1cccc(C)c1. The number of aryl methyl sites for hydroxylation is 1. The van der Waals surface area contributed by atoms with Gasteiger partial charge in [0.2, 0.25) is 0 Å². The molecule has 12 heavy (non-hydrogen) atoms. The van der Waals surface area contributed by atoms with Gasteiger partial charge in [-0.2, -0.15) is 0 Å². The molecule has 0 heterocycles. The van der Waals surface area contributed by atoms with Crippen LogP contribution in [0.5, 0.6) is 0 Å². The fraction of sp³-hybridized carbons (Fsp3) is 0.273. The molecule has 0 saturated heterocycles. The van der Waals surface area contributed by atoms with Gasteiger partial charge in [-0.25, -0.2) is 0 Å². The number of rotatable bonds is 4. The Morgan fingerprint density at radius 3 is 3.00 bits per heavy atom. The first-order valence-electron chi connectivity index (χ1n) is 4.02. The maximum absolute atomic E-state index is 3.57. The van der Waals surface area contributed by atoms with E-state index in [4.69, 9.17) is 0 Å². The van der Waals surface area contributed by atoms with Crippen LogP contribution in [0.15, 0.2) is 35.7 Å². The molecule has 0 aliphatic carbocycles. The van der Waals surface area contributed by atoms with Crippen LogP contribution in [0.25, 0.3) is 0 Å². The highest BCUT2D eigenvalue weighted by atomic mass is 32.2. The van der Waals surface area contributed by atoms with E-state index < -0.39 is 0 Å². The molecule has 0 atom stereocenters. The molecule has 0 amide bonds. The van der Waals surface area contributed by atoms with Crippen molar-refractivity contribution >= 4 is 11.8 Å². The van der Waals surface area contributed by atoms with Crippen LogP contribution in [0.1, 0.15) is 12.0 Å². The van der Waals surface area contributed by atoms with Crippen LogP contribution >= 0.6 is 11.8 Å². The highest BCUT2D eigenvalue weighted by Crippen LogP contribution is 2.19. The average molecular weight is 177 g/mol. The van der Waals surface area contributed by atoms with Gasteiger partial charge in [-0.3, -0.25) is 0 Å². The lowest BCUT2D eigenvalue weighted by molar-refractivity contribution is 1.21. The minimum absolute atomic E-state index is 0.957. The van der Waals surface area contributed by atoms with E-state index in [-0.39, 0.29) is 0 Å². The second-order valence-corrected chi connectivity index (χ2v) is 3.83. The molecule has 63 valence electrons. The van der Waals surface area contributed by atoms with Crippen molar-refractivity contribution in [2.24, 2.45) is 0 Å². The van der Waals surface area contributed by atoms with Crippen molar-refractivity contribution in [1.29, 1.82) is 0 Å². The van der Waals surface area contributed by atoms with Crippen molar-refractivity contribution in [3.05, 3.63) is 42.5 Å². The third-order valence-electron chi connectivity index (χ3n) is 1.54. The Morgan fingerprint density at radius 1 is 1.50 bits per heavy atom. The fourth-order valence-electron chi connectivity index (χ4n) is 0.946. The zero-order valence-corrected chi connectivity index (χ0v) is 8.16. The molecule has 0 bridgehead atoms. The summed E-state index contributed by atoms with van der Waals surface area (Å²) in [5, 5.41) is 0. The van der Waals surface area contributed by atoms with Gasteiger partial charge in [-0.05, 0) is 25.5 Å². The molecule has 1 rings (SSSR count). The van der Waals surface area contributed by atoms with Gasteiger partial charge >= 0.3 is 0 Å². The summed E-state index contributed by atoms with van der Waals surface area (Å²) in [4.78, 5) is 1.34. The zero-order chi connectivity index (χ0) is 8.81. The molecule has 1 aromatic carbocycles. The van der Waals surface area contributed by atoms with E-state index in [1.165, 1.54) is 10.5 Å². The third-order valence-corrected chi connectivity index (χ3v) is 2.53. The lowest BCUT2D eigenvalue weighted by Crippen LogP contribution is -1.77. The first kappa shape index (κ1) is 9.40. The van der Waals surface area contributed by atoms with Crippen LogP contribution in [-0.2, 0) is 0 Å². The molecule has 0 nitrogen and oxygen atoms in total. The third kappa shape index (κ3) is 3.14. The van der Waals surface area contributed by atoms with Gasteiger partial charge in [0.25, 0.3) is 0 Å². The van der Waals surface area contributed by atoms with E-state index in [9.17, 15) is 0 Å². The second kappa shape index (κ2) is 5.04. The highest BCUT2D eigenvalue weighted by Gasteiger charge is 1.91. The van der Waals surface area contributed by atoms with E-state index in [1.807, 2.05) is 11.8 Å². The van der Waals surface area contributed by atoms with Gasteiger partial charge < -0.3 is 0 Å². The number of benzene rings is 1. The maximum atomic E-state index is 3.57. The first-order chi connectivity index (χ1) is 5.83. The fourth-order valence-corrected chi connectivity index (χ4v) is 1.87. The summed E-state index contributed by atoms with van der Waals surface area (Å²) in [6.45, 7) is 5.69. The van der Waals surface area contributed by atoms with Gasteiger partial charge in [0.1, 0.15) is 0 Å². The van der Waals surface area contributed by atoms with Crippen LogP contribution in [-0.4, -0.2) is 5.75 Å². The molecule has 1 radical (unpaired) electrons. The predicted molar refractivity (Wildman–Crippen MR) is 55.4 cm³/mol. The largest absolute Gasteiger partial charge is 0.126 e. The van der Waals surface area contributed by atoms with Crippen LogP contribution in [0, 0.1) is 13.0 Å². The second-order valence-electron chi connectivity index (χ2n) is 2.66. The van der Waals surface area contributed by atoms with Gasteiger partial charge in [0.15, 0.2) is 0 Å². The van der Waals surface area contributed by atoms with Crippen molar-refractivity contribution < 1.29 is 0 Å². The van der Waals surface area contributed by atoms with Crippen LogP contribution in [0.4, 0.5) is 0 Å². The van der Waals surface area contributed by atoms with Crippen LogP contribution < -0.4 is 0 Å². The minimum atomic E-state index is 0.957. The van der Waals surface area contributed by atoms with Gasteiger partial charge in [-0.15, -0.1) is 11.8 Å². The molecule has 0 unspecified atom stereocenters. The maximum Gasteiger partial charge on any atom is 0.00746 e. The zero-order valence-electron chi connectivity index (χ0n) is 7.34. The van der Waals surface area contributed by atoms with Crippen molar-refractivity contribution in [1.82, 2.24) is 0 Å². The molecule has 0 aliphatic rings. The Bertz CT molecular complexity index is 253. The van der Waals surface area contributed by atoms with E-state index in [0.29, 0.717) is 0 Å². The normalized spacial score (nSPS) is 9.75. The van der Waals surface area contributed by atoms with Gasteiger partial charge in [0.05, 0.1) is 0 Å². The van der Waals surface area contributed by atoms with Crippen molar-refractivity contribution in [2.45, 2.75) is 18.2 Å². The lowest BCUT2D eigenvalue weighted by Gasteiger charge is -1.99. The summed E-state index contributed by atoms with van der Waals surface area (Å²) in [6, 6.07) is 8.55. The molecule has 0 N–H and O–H groups in total.